The van der Waals surface area contributed by atoms with Crippen molar-refractivity contribution in [3.05, 3.63) is 64.6 Å². The number of anilines is 1. The molecule has 1 saturated heterocycles. The minimum absolute atomic E-state index is 0.105. The Hall–Kier alpha value is -1.69. The zero-order valence-corrected chi connectivity index (χ0v) is 16.0. The topological polar surface area (TPSA) is 38.0 Å². The average molecular weight is 404 g/mol. The van der Waals surface area contributed by atoms with Crippen LogP contribution in [0.5, 0.6) is 0 Å². The van der Waals surface area contributed by atoms with Crippen LogP contribution in [-0.4, -0.2) is 38.6 Å². The van der Waals surface area contributed by atoms with E-state index >= 15 is 0 Å². The van der Waals surface area contributed by atoms with Crippen LogP contribution in [0.1, 0.15) is 12.0 Å². The molecule has 2 aromatic rings. The van der Waals surface area contributed by atoms with E-state index in [1.165, 1.54) is 18.7 Å². The van der Waals surface area contributed by atoms with Crippen molar-refractivity contribution in [2.45, 2.75) is 13.0 Å². The molecule has 0 aliphatic carbocycles. The van der Waals surface area contributed by atoms with Gasteiger partial charge in [0.1, 0.15) is 32.7 Å². The standard InChI is InChI=1S/C20H24BrN3O/c21-18-6-8-19(9-7-18)22-20(25)10-11-23-12-14-24(15-13-23)16-17-4-2-1-3-5-17/h1-9H,10-16H2,(H,22,25)/p+2. The first-order chi connectivity index (χ1) is 12.2. The maximum atomic E-state index is 12.1. The van der Waals surface area contributed by atoms with Crippen LogP contribution in [0.25, 0.3) is 0 Å². The van der Waals surface area contributed by atoms with Gasteiger partial charge in [0.05, 0.1) is 13.0 Å². The van der Waals surface area contributed by atoms with Gasteiger partial charge in [-0.2, -0.15) is 0 Å². The van der Waals surface area contributed by atoms with Crippen molar-refractivity contribution >= 4 is 27.5 Å². The number of carbonyl (C=O) groups is 1. The molecule has 2 aromatic carbocycles. The number of hydrogen-bond donors (Lipinski definition) is 3. The van der Waals surface area contributed by atoms with Crippen LogP contribution >= 0.6 is 15.9 Å². The van der Waals surface area contributed by atoms with Gasteiger partial charge in [0, 0.05) is 15.7 Å². The lowest BCUT2D eigenvalue weighted by molar-refractivity contribution is -1.02. The molecule has 0 aromatic heterocycles. The number of rotatable bonds is 6. The third-order valence-corrected chi connectivity index (χ3v) is 5.32. The lowest BCUT2D eigenvalue weighted by atomic mass is 10.2. The zero-order chi connectivity index (χ0) is 17.5. The second-order valence-electron chi connectivity index (χ2n) is 6.72. The second kappa shape index (κ2) is 9.13. The molecule has 1 heterocycles. The molecule has 0 spiro atoms. The molecule has 3 rings (SSSR count). The van der Waals surface area contributed by atoms with Crippen molar-refractivity contribution in [3.8, 4) is 0 Å². The van der Waals surface area contributed by atoms with Gasteiger partial charge >= 0.3 is 0 Å². The van der Waals surface area contributed by atoms with Crippen LogP contribution < -0.4 is 15.1 Å². The molecule has 3 N–H and O–H groups in total. The molecule has 0 bridgehead atoms. The number of hydrogen-bond acceptors (Lipinski definition) is 1. The molecule has 5 heteroatoms. The monoisotopic (exact) mass is 403 g/mol. The normalized spacial score (nSPS) is 20.2. The summed E-state index contributed by atoms with van der Waals surface area (Å²) in [4.78, 5) is 15.3. The minimum atomic E-state index is 0.105. The molecule has 0 radical (unpaired) electrons. The van der Waals surface area contributed by atoms with Gasteiger partial charge in [0.15, 0.2) is 0 Å². The maximum Gasteiger partial charge on any atom is 0.230 e. The molecule has 1 fully saturated rings. The Labute approximate surface area is 158 Å². The first-order valence-electron chi connectivity index (χ1n) is 8.95. The van der Waals surface area contributed by atoms with Gasteiger partial charge in [-0.05, 0) is 24.3 Å². The Bertz CT molecular complexity index is 667. The first-order valence-corrected chi connectivity index (χ1v) is 9.75. The SMILES string of the molecule is O=C(CC[NH+]1CC[NH+](Cc2ccccc2)CC1)Nc1ccc(Br)cc1. The Kier molecular flexibility index (Phi) is 6.62. The number of carbonyl (C=O) groups excluding carboxylic acids is 1. The zero-order valence-electron chi connectivity index (χ0n) is 14.4. The highest BCUT2D eigenvalue weighted by Crippen LogP contribution is 2.14. The van der Waals surface area contributed by atoms with E-state index in [2.05, 4.69) is 51.6 Å². The van der Waals surface area contributed by atoms with E-state index in [-0.39, 0.29) is 5.91 Å². The van der Waals surface area contributed by atoms with E-state index in [0.717, 1.165) is 36.3 Å². The number of quaternary nitrogens is 2. The number of piperazine rings is 1. The Morgan fingerprint density at radius 3 is 2.24 bits per heavy atom. The number of benzene rings is 2. The summed E-state index contributed by atoms with van der Waals surface area (Å²) in [5.74, 6) is 0.105. The highest BCUT2D eigenvalue weighted by molar-refractivity contribution is 9.10. The van der Waals surface area contributed by atoms with Crippen molar-refractivity contribution in [3.63, 3.8) is 0 Å². The van der Waals surface area contributed by atoms with Gasteiger partial charge in [-0.1, -0.05) is 46.3 Å². The summed E-state index contributed by atoms with van der Waals surface area (Å²) >= 11 is 3.40. The Morgan fingerprint density at radius 2 is 1.56 bits per heavy atom. The van der Waals surface area contributed by atoms with Gasteiger partial charge in [0.2, 0.25) is 5.91 Å². The molecule has 1 aliphatic rings. The summed E-state index contributed by atoms with van der Waals surface area (Å²) < 4.78 is 1.02. The van der Waals surface area contributed by atoms with Gasteiger partial charge in [-0.15, -0.1) is 0 Å². The van der Waals surface area contributed by atoms with Crippen molar-refractivity contribution in [2.24, 2.45) is 0 Å². The summed E-state index contributed by atoms with van der Waals surface area (Å²) in [5.41, 5.74) is 2.27. The lowest BCUT2D eigenvalue weighted by Crippen LogP contribution is -3.27. The van der Waals surface area contributed by atoms with E-state index in [1.54, 1.807) is 9.80 Å². The van der Waals surface area contributed by atoms with E-state index in [9.17, 15) is 4.79 Å². The largest absolute Gasteiger partial charge is 0.326 e. The summed E-state index contributed by atoms with van der Waals surface area (Å²) in [7, 11) is 0. The molecular weight excluding hydrogens is 378 g/mol. The highest BCUT2D eigenvalue weighted by atomic mass is 79.9. The van der Waals surface area contributed by atoms with Crippen LogP contribution in [0.2, 0.25) is 0 Å². The van der Waals surface area contributed by atoms with E-state index in [4.69, 9.17) is 0 Å². The van der Waals surface area contributed by atoms with Gasteiger partial charge in [-0.25, -0.2) is 0 Å². The fourth-order valence-electron chi connectivity index (χ4n) is 3.32. The molecule has 0 saturated carbocycles. The predicted molar refractivity (Wildman–Crippen MR) is 104 cm³/mol. The Morgan fingerprint density at radius 1 is 0.920 bits per heavy atom. The quantitative estimate of drug-likeness (QED) is 0.654. The van der Waals surface area contributed by atoms with Gasteiger partial charge < -0.3 is 15.1 Å². The van der Waals surface area contributed by atoms with E-state index < -0.39 is 0 Å². The fraction of sp³-hybridized carbons (Fsp3) is 0.350. The van der Waals surface area contributed by atoms with Crippen LogP contribution in [0, 0.1) is 0 Å². The number of amides is 1. The van der Waals surface area contributed by atoms with Crippen LogP contribution in [0.3, 0.4) is 0 Å². The molecule has 4 nitrogen and oxygen atoms in total. The Balaban J connectivity index is 1.36. The van der Waals surface area contributed by atoms with Crippen LogP contribution in [0.15, 0.2) is 59.1 Å². The van der Waals surface area contributed by atoms with Gasteiger partial charge in [-0.3, -0.25) is 4.79 Å². The molecule has 1 aliphatic heterocycles. The van der Waals surface area contributed by atoms with Crippen molar-refractivity contribution in [2.75, 3.05) is 38.0 Å². The van der Waals surface area contributed by atoms with Gasteiger partial charge in [0.25, 0.3) is 0 Å². The smallest absolute Gasteiger partial charge is 0.230 e. The van der Waals surface area contributed by atoms with Crippen LogP contribution in [0.4, 0.5) is 5.69 Å². The summed E-state index contributed by atoms with van der Waals surface area (Å²) in [6.45, 7) is 6.68. The fourth-order valence-corrected chi connectivity index (χ4v) is 3.58. The van der Waals surface area contributed by atoms with E-state index in [1.807, 2.05) is 24.3 Å². The molecular formula is C20H26BrN3O+2. The molecule has 132 valence electrons. The number of nitrogens with one attached hydrogen (secondary N) is 3. The maximum absolute atomic E-state index is 12.1. The van der Waals surface area contributed by atoms with Crippen LogP contribution in [-0.2, 0) is 11.3 Å². The molecule has 25 heavy (non-hydrogen) atoms. The summed E-state index contributed by atoms with van der Waals surface area (Å²) in [6.07, 6.45) is 0.583. The lowest BCUT2D eigenvalue weighted by Gasteiger charge is -2.29. The molecule has 1 amide bonds. The molecule has 0 unspecified atom stereocenters. The van der Waals surface area contributed by atoms with E-state index in [0.29, 0.717) is 6.42 Å². The summed E-state index contributed by atoms with van der Waals surface area (Å²) in [6, 6.07) is 18.4. The third-order valence-electron chi connectivity index (χ3n) is 4.79. The van der Waals surface area contributed by atoms with Crippen molar-refractivity contribution in [1.82, 2.24) is 0 Å². The minimum Gasteiger partial charge on any atom is -0.326 e. The predicted octanol–water partition coefficient (Wildman–Crippen LogP) is 0.761. The molecule has 0 atom stereocenters. The summed E-state index contributed by atoms with van der Waals surface area (Å²) in [5, 5.41) is 2.97. The third kappa shape index (κ3) is 5.96. The second-order valence-corrected chi connectivity index (χ2v) is 7.63. The average Bonchev–Trinajstić information content (AvgIpc) is 2.64. The first kappa shape index (κ1) is 18.1. The van der Waals surface area contributed by atoms with Crippen molar-refractivity contribution in [1.29, 1.82) is 0 Å². The van der Waals surface area contributed by atoms with Crippen molar-refractivity contribution < 1.29 is 14.6 Å². The highest BCUT2D eigenvalue weighted by Gasteiger charge is 2.23. The number of halogens is 1.